The highest BCUT2D eigenvalue weighted by atomic mass is 32.1. The molecular formula is C19H24F2N4OS. The third-order valence-electron chi connectivity index (χ3n) is 4.76. The van der Waals surface area contributed by atoms with Gasteiger partial charge in [-0.1, -0.05) is 20.8 Å². The Morgan fingerprint density at radius 1 is 1.37 bits per heavy atom. The summed E-state index contributed by atoms with van der Waals surface area (Å²) in [6, 6.07) is 1.45. The first-order valence-corrected chi connectivity index (χ1v) is 9.93. The minimum absolute atomic E-state index is 0.169. The van der Waals surface area contributed by atoms with E-state index in [4.69, 9.17) is 0 Å². The van der Waals surface area contributed by atoms with Gasteiger partial charge in [0, 0.05) is 24.9 Å². The molecule has 0 N–H and O–H groups in total. The molecule has 1 aliphatic rings. The molecule has 2 aromatic heterocycles. The predicted octanol–water partition coefficient (Wildman–Crippen LogP) is 4.44. The molecule has 1 amide bonds. The SMILES string of the molecule is Cc1nc(C(=O)N2CC(F)(F)C[C@@H](C)[C@H]2CC(C)C)c(-c2ncccn2)s1. The molecule has 5 nitrogen and oxygen atoms in total. The summed E-state index contributed by atoms with van der Waals surface area (Å²) in [7, 11) is 0. The molecule has 8 heteroatoms. The van der Waals surface area contributed by atoms with E-state index in [0.29, 0.717) is 28.0 Å². The molecule has 0 unspecified atom stereocenters. The average Bonchev–Trinajstić information content (AvgIpc) is 2.98. The minimum Gasteiger partial charge on any atom is -0.328 e. The second-order valence-electron chi connectivity index (χ2n) is 7.65. The molecule has 3 heterocycles. The smallest absolute Gasteiger partial charge is 0.274 e. The molecule has 3 rings (SSSR count). The first-order valence-electron chi connectivity index (χ1n) is 9.11. The van der Waals surface area contributed by atoms with E-state index in [1.807, 2.05) is 13.8 Å². The number of nitrogens with zero attached hydrogens (tertiary/aromatic N) is 4. The molecule has 0 aromatic carbocycles. The van der Waals surface area contributed by atoms with Crippen molar-refractivity contribution in [3.8, 4) is 10.7 Å². The molecule has 0 radical (unpaired) electrons. The van der Waals surface area contributed by atoms with E-state index in [-0.39, 0.29) is 24.1 Å². The van der Waals surface area contributed by atoms with Crippen LogP contribution in [0.5, 0.6) is 0 Å². The summed E-state index contributed by atoms with van der Waals surface area (Å²) >= 11 is 1.30. The molecule has 0 bridgehead atoms. The van der Waals surface area contributed by atoms with E-state index in [2.05, 4.69) is 15.0 Å². The molecule has 2 aromatic rings. The number of likely N-dealkylation sites (tertiary alicyclic amines) is 1. The number of aryl methyl sites for hydroxylation is 1. The van der Waals surface area contributed by atoms with Gasteiger partial charge in [0.1, 0.15) is 4.88 Å². The standard InChI is InChI=1S/C19H24F2N4OS/c1-11(2)8-14-12(3)9-19(20,21)10-25(14)18(26)15-16(27-13(4)24-15)17-22-6-5-7-23-17/h5-7,11-12,14H,8-10H2,1-4H3/t12-,14-/m1/s1. The quantitative estimate of drug-likeness (QED) is 0.769. The summed E-state index contributed by atoms with van der Waals surface area (Å²) in [5.74, 6) is -2.94. The van der Waals surface area contributed by atoms with Crippen molar-refractivity contribution in [2.24, 2.45) is 11.8 Å². The Bertz CT molecular complexity index is 809. The molecule has 0 aliphatic carbocycles. The van der Waals surface area contributed by atoms with Crippen molar-refractivity contribution in [1.82, 2.24) is 19.9 Å². The molecule has 0 spiro atoms. The third-order valence-corrected chi connectivity index (χ3v) is 5.73. The molecule has 2 atom stereocenters. The lowest BCUT2D eigenvalue weighted by molar-refractivity contribution is -0.0949. The number of halogens is 2. The molecule has 1 fully saturated rings. The minimum atomic E-state index is -2.89. The van der Waals surface area contributed by atoms with Crippen LogP contribution in [-0.4, -0.2) is 44.3 Å². The topological polar surface area (TPSA) is 59.0 Å². The maximum atomic E-state index is 14.3. The van der Waals surface area contributed by atoms with Crippen LogP contribution in [-0.2, 0) is 0 Å². The van der Waals surface area contributed by atoms with E-state index in [1.54, 1.807) is 32.3 Å². The van der Waals surface area contributed by atoms with E-state index < -0.39 is 18.4 Å². The highest BCUT2D eigenvalue weighted by Crippen LogP contribution is 2.38. The fraction of sp³-hybridized carbons (Fsp3) is 0.579. The van der Waals surface area contributed by atoms with Crippen molar-refractivity contribution in [2.45, 2.75) is 52.5 Å². The van der Waals surface area contributed by atoms with Gasteiger partial charge in [-0.3, -0.25) is 4.79 Å². The van der Waals surface area contributed by atoms with Crippen LogP contribution >= 0.6 is 11.3 Å². The molecule has 27 heavy (non-hydrogen) atoms. The summed E-state index contributed by atoms with van der Waals surface area (Å²) in [5, 5.41) is 0.679. The fourth-order valence-electron chi connectivity index (χ4n) is 3.69. The summed E-state index contributed by atoms with van der Waals surface area (Å²) in [6.45, 7) is 7.09. The monoisotopic (exact) mass is 394 g/mol. The molecule has 0 saturated carbocycles. The van der Waals surface area contributed by atoms with Crippen LogP contribution in [0.4, 0.5) is 8.78 Å². The molecular weight excluding hydrogens is 370 g/mol. The number of aromatic nitrogens is 3. The zero-order valence-corrected chi connectivity index (χ0v) is 16.8. The largest absolute Gasteiger partial charge is 0.328 e. The van der Waals surface area contributed by atoms with Gasteiger partial charge in [0.05, 0.1) is 11.6 Å². The number of piperidine rings is 1. The normalized spacial score (nSPS) is 22.3. The van der Waals surface area contributed by atoms with Gasteiger partial charge in [0.2, 0.25) is 0 Å². The zero-order valence-electron chi connectivity index (χ0n) is 15.9. The van der Waals surface area contributed by atoms with Gasteiger partial charge in [-0.05, 0) is 31.2 Å². The van der Waals surface area contributed by atoms with Gasteiger partial charge in [-0.2, -0.15) is 0 Å². The first kappa shape index (κ1) is 19.8. The van der Waals surface area contributed by atoms with Gasteiger partial charge in [0.25, 0.3) is 11.8 Å². The van der Waals surface area contributed by atoms with E-state index >= 15 is 0 Å². The first-order chi connectivity index (χ1) is 12.7. The Hall–Kier alpha value is -1.96. The fourth-order valence-corrected chi connectivity index (χ4v) is 4.54. The van der Waals surface area contributed by atoms with E-state index in [0.717, 1.165) is 0 Å². The third kappa shape index (κ3) is 4.31. The summed E-state index contributed by atoms with van der Waals surface area (Å²) in [4.78, 5) is 27.9. The van der Waals surface area contributed by atoms with Crippen LogP contribution < -0.4 is 0 Å². The van der Waals surface area contributed by atoms with Gasteiger partial charge in [0.15, 0.2) is 11.5 Å². The van der Waals surface area contributed by atoms with Crippen LogP contribution in [0.3, 0.4) is 0 Å². The Kier molecular flexibility index (Phi) is 5.55. The van der Waals surface area contributed by atoms with Crippen molar-refractivity contribution in [2.75, 3.05) is 6.54 Å². The van der Waals surface area contributed by atoms with Gasteiger partial charge in [-0.25, -0.2) is 23.7 Å². The molecule has 146 valence electrons. The summed E-state index contributed by atoms with van der Waals surface area (Å²) in [5.41, 5.74) is 0.169. The Morgan fingerprint density at radius 3 is 2.67 bits per heavy atom. The lowest BCUT2D eigenvalue weighted by Crippen LogP contribution is -2.55. The van der Waals surface area contributed by atoms with Crippen molar-refractivity contribution in [1.29, 1.82) is 0 Å². The van der Waals surface area contributed by atoms with Crippen LogP contribution in [0, 0.1) is 18.8 Å². The average molecular weight is 394 g/mol. The van der Waals surface area contributed by atoms with Gasteiger partial charge in [-0.15, -0.1) is 11.3 Å². The van der Waals surface area contributed by atoms with Crippen LogP contribution in [0.25, 0.3) is 10.7 Å². The van der Waals surface area contributed by atoms with Crippen LogP contribution in [0.2, 0.25) is 0 Å². The summed E-state index contributed by atoms with van der Waals surface area (Å²) < 4.78 is 28.6. The molecule has 1 aliphatic heterocycles. The van der Waals surface area contributed by atoms with Gasteiger partial charge < -0.3 is 4.90 Å². The second-order valence-corrected chi connectivity index (χ2v) is 8.85. The van der Waals surface area contributed by atoms with Crippen LogP contribution in [0.1, 0.15) is 49.1 Å². The van der Waals surface area contributed by atoms with E-state index in [9.17, 15) is 13.6 Å². The van der Waals surface area contributed by atoms with Crippen LogP contribution in [0.15, 0.2) is 18.5 Å². The Morgan fingerprint density at radius 2 is 2.04 bits per heavy atom. The number of amides is 1. The lowest BCUT2D eigenvalue weighted by atomic mass is 9.83. The van der Waals surface area contributed by atoms with Gasteiger partial charge >= 0.3 is 0 Å². The number of rotatable bonds is 4. The highest BCUT2D eigenvalue weighted by Gasteiger charge is 2.46. The number of carbonyl (C=O) groups is 1. The predicted molar refractivity (Wildman–Crippen MR) is 101 cm³/mol. The second kappa shape index (κ2) is 7.58. The zero-order chi connectivity index (χ0) is 19.8. The number of hydrogen-bond acceptors (Lipinski definition) is 5. The Labute approximate surface area is 161 Å². The van der Waals surface area contributed by atoms with Crippen molar-refractivity contribution in [3.05, 3.63) is 29.2 Å². The maximum absolute atomic E-state index is 14.3. The maximum Gasteiger partial charge on any atom is 0.274 e. The molecule has 1 saturated heterocycles. The number of hydrogen-bond donors (Lipinski definition) is 0. The Balaban J connectivity index is 2.00. The lowest BCUT2D eigenvalue weighted by Gasteiger charge is -2.44. The highest BCUT2D eigenvalue weighted by molar-refractivity contribution is 7.15. The number of thiazole rings is 1. The number of carbonyl (C=O) groups excluding carboxylic acids is 1. The van der Waals surface area contributed by atoms with Crippen molar-refractivity contribution in [3.63, 3.8) is 0 Å². The summed E-state index contributed by atoms with van der Waals surface area (Å²) in [6.07, 6.45) is 3.66. The van der Waals surface area contributed by atoms with E-state index in [1.165, 1.54) is 16.2 Å². The number of alkyl halides is 2. The van der Waals surface area contributed by atoms with Crippen molar-refractivity contribution >= 4 is 17.2 Å². The van der Waals surface area contributed by atoms with Crippen molar-refractivity contribution < 1.29 is 13.6 Å².